The molecule has 4 heteroatoms. The van der Waals surface area contributed by atoms with E-state index >= 15 is 0 Å². The predicted octanol–water partition coefficient (Wildman–Crippen LogP) is 1.79. The van der Waals surface area contributed by atoms with Gasteiger partial charge in [-0.15, -0.1) is 0 Å². The molecular formula is C9H13N4+. The highest BCUT2D eigenvalue weighted by atomic mass is 15.5. The molecule has 0 saturated heterocycles. The van der Waals surface area contributed by atoms with Crippen molar-refractivity contribution < 1.29 is 4.70 Å². The number of rotatable bonds is 1. The van der Waals surface area contributed by atoms with Gasteiger partial charge in [0.1, 0.15) is 0 Å². The molecule has 0 aromatic carbocycles. The first kappa shape index (κ1) is 8.29. The quantitative estimate of drug-likeness (QED) is 0.548. The van der Waals surface area contributed by atoms with Gasteiger partial charge in [-0.05, 0) is 10.6 Å². The highest BCUT2D eigenvalue weighted by molar-refractivity contribution is 5.80. The molecule has 68 valence electrons. The van der Waals surface area contributed by atoms with Crippen molar-refractivity contribution in [3.63, 3.8) is 0 Å². The van der Waals surface area contributed by atoms with E-state index in [1.807, 2.05) is 10.9 Å². The van der Waals surface area contributed by atoms with Gasteiger partial charge >= 0.3 is 6.29 Å². The van der Waals surface area contributed by atoms with Gasteiger partial charge < -0.3 is 0 Å². The number of aliphatic imine (C=N–C) groups is 2. The highest BCUT2D eigenvalue weighted by Gasteiger charge is 2.32. The van der Waals surface area contributed by atoms with Crippen molar-refractivity contribution in [2.45, 2.75) is 27.1 Å². The summed E-state index contributed by atoms with van der Waals surface area (Å²) in [7, 11) is 0. The Bertz CT molecular complexity index is 347. The average molecular weight is 177 g/mol. The Balaban J connectivity index is 2.41. The van der Waals surface area contributed by atoms with Gasteiger partial charge in [0, 0.05) is 23.8 Å². The first-order chi connectivity index (χ1) is 6.20. The Morgan fingerprint density at radius 2 is 2.15 bits per heavy atom. The van der Waals surface area contributed by atoms with Crippen molar-refractivity contribution in [3.05, 3.63) is 11.3 Å². The van der Waals surface area contributed by atoms with Crippen molar-refractivity contribution in [1.82, 2.24) is 0 Å². The molecule has 0 fully saturated rings. The van der Waals surface area contributed by atoms with Crippen LogP contribution in [0.2, 0.25) is 0 Å². The van der Waals surface area contributed by atoms with E-state index in [9.17, 15) is 0 Å². The number of hydrogen-bond donors (Lipinski definition) is 0. The fraction of sp³-hybridized carbons (Fsp3) is 0.556. The third-order valence-electron chi connectivity index (χ3n) is 2.33. The average Bonchev–Trinajstić information content (AvgIpc) is 2.52. The van der Waals surface area contributed by atoms with E-state index in [-0.39, 0.29) is 6.29 Å². The molecule has 0 aromatic heterocycles. The van der Waals surface area contributed by atoms with Crippen molar-refractivity contribution in [1.29, 1.82) is 0 Å². The minimum atomic E-state index is -0.137. The number of hydrogen-bond acceptors (Lipinski definition) is 3. The second kappa shape index (κ2) is 2.87. The van der Waals surface area contributed by atoms with Crippen LogP contribution in [0.25, 0.3) is 0 Å². The summed E-state index contributed by atoms with van der Waals surface area (Å²) >= 11 is 0. The van der Waals surface area contributed by atoms with E-state index in [0.717, 1.165) is 5.70 Å². The monoisotopic (exact) mass is 177 g/mol. The van der Waals surface area contributed by atoms with Crippen molar-refractivity contribution in [2.24, 2.45) is 21.0 Å². The molecule has 2 heterocycles. The summed E-state index contributed by atoms with van der Waals surface area (Å²) in [6, 6.07) is 0. The lowest BCUT2D eigenvalue weighted by molar-refractivity contribution is -0.570. The molecule has 2 aliphatic rings. The SMILES string of the molecule is CC1=C(C(C)C)C=NC2N=CN=[N+]12. The standard InChI is InChI=1S/C9H13N4/c1-6(2)8-4-10-9-11-5-12-13(9)7(8)3/h4-6,9H,1-3H3/q+1. The zero-order valence-electron chi connectivity index (χ0n) is 8.10. The summed E-state index contributed by atoms with van der Waals surface area (Å²) in [5.41, 5.74) is 2.40. The van der Waals surface area contributed by atoms with Gasteiger partial charge in [-0.3, -0.25) is 0 Å². The summed E-state index contributed by atoms with van der Waals surface area (Å²) in [5.74, 6) is 0.487. The molecule has 0 radical (unpaired) electrons. The molecule has 0 amide bonds. The molecule has 13 heavy (non-hydrogen) atoms. The largest absolute Gasteiger partial charge is 0.377 e. The molecular weight excluding hydrogens is 164 g/mol. The zero-order chi connectivity index (χ0) is 9.42. The van der Waals surface area contributed by atoms with Gasteiger partial charge in [0.05, 0.1) is 0 Å². The summed E-state index contributed by atoms with van der Waals surface area (Å²) in [6.45, 7) is 6.37. The molecule has 0 aromatic rings. The fourth-order valence-corrected chi connectivity index (χ4v) is 1.57. The summed E-state index contributed by atoms with van der Waals surface area (Å²) in [6.07, 6.45) is 3.34. The third kappa shape index (κ3) is 1.22. The van der Waals surface area contributed by atoms with Crippen molar-refractivity contribution in [3.8, 4) is 0 Å². The smallest absolute Gasteiger partial charge is 0.201 e. The normalized spacial score (nSPS) is 25.5. The van der Waals surface area contributed by atoms with Gasteiger partial charge in [-0.2, -0.15) is 4.99 Å². The van der Waals surface area contributed by atoms with Gasteiger partial charge in [0.15, 0.2) is 6.34 Å². The molecule has 1 unspecified atom stereocenters. The fourth-order valence-electron chi connectivity index (χ4n) is 1.57. The van der Waals surface area contributed by atoms with Crippen LogP contribution in [-0.2, 0) is 0 Å². The molecule has 4 nitrogen and oxygen atoms in total. The number of nitrogens with zero attached hydrogens (tertiary/aromatic N) is 4. The van der Waals surface area contributed by atoms with Crippen LogP contribution in [0.3, 0.4) is 0 Å². The molecule has 0 bridgehead atoms. The van der Waals surface area contributed by atoms with Crippen LogP contribution in [-0.4, -0.2) is 23.5 Å². The van der Waals surface area contributed by atoms with Gasteiger partial charge in [0.2, 0.25) is 5.70 Å². The number of allylic oxidation sites excluding steroid dienone is 2. The Morgan fingerprint density at radius 1 is 1.38 bits per heavy atom. The van der Waals surface area contributed by atoms with E-state index in [4.69, 9.17) is 0 Å². The van der Waals surface area contributed by atoms with Crippen LogP contribution in [0.5, 0.6) is 0 Å². The van der Waals surface area contributed by atoms with Gasteiger partial charge in [-0.1, -0.05) is 13.8 Å². The summed E-state index contributed by atoms with van der Waals surface area (Å²) in [4.78, 5) is 8.40. The topological polar surface area (TPSA) is 40.1 Å². The third-order valence-corrected chi connectivity index (χ3v) is 2.33. The van der Waals surface area contributed by atoms with Crippen LogP contribution in [0.4, 0.5) is 0 Å². The zero-order valence-corrected chi connectivity index (χ0v) is 8.10. The Hall–Kier alpha value is -1.32. The maximum atomic E-state index is 4.30. The first-order valence-electron chi connectivity index (χ1n) is 4.45. The Morgan fingerprint density at radius 3 is 2.85 bits per heavy atom. The van der Waals surface area contributed by atoms with Crippen LogP contribution < -0.4 is 0 Å². The van der Waals surface area contributed by atoms with Gasteiger partial charge in [0.25, 0.3) is 0 Å². The second-order valence-electron chi connectivity index (χ2n) is 3.54. The van der Waals surface area contributed by atoms with Crippen molar-refractivity contribution >= 4 is 12.6 Å². The Kier molecular flexibility index (Phi) is 1.83. The summed E-state index contributed by atoms with van der Waals surface area (Å²) in [5, 5.41) is 4.14. The highest BCUT2D eigenvalue weighted by Crippen LogP contribution is 2.22. The van der Waals surface area contributed by atoms with E-state index in [1.165, 1.54) is 5.57 Å². The first-order valence-corrected chi connectivity index (χ1v) is 4.45. The van der Waals surface area contributed by atoms with Crippen LogP contribution in [0.1, 0.15) is 20.8 Å². The molecule has 2 aliphatic heterocycles. The lowest BCUT2D eigenvalue weighted by Gasteiger charge is -2.12. The minimum Gasteiger partial charge on any atom is -0.201 e. The van der Waals surface area contributed by atoms with Gasteiger partial charge in [-0.25, -0.2) is 4.99 Å². The lowest BCUT2D eigenvalue weighted by atomic mass is 10.0. The molecule has 0 aliphatic carbocycles. The van der Waals surface area contributed by atoms with E-state index in [1.54, 1.807) is 6.34 Å². The predicted molar refractivity (Wildman–Crippen MR) is 51.0 cm³/mol. The molecule has 2 rings (SSSR count). The maximum Gasteiger partial charge on any atom is 0.377 e. The van der Waals surface area contributed by atoms with E-state index in [2.05, 4.69) is 35.9 Å². The van der Waals surface area contributed by atoms with Crippen LogP contribution in [0.15, 0.2) is 26.4 Å². The summed E-state index contributed by atoms with van der Waals surface area (Å²) < 4.78 is 1.86. The molecule has 0 N–H and O–H groups in total. The van der Waals surface area contributed by atoms with Crippen LogP contribution in [0, 0.1) is 5.92 Å². The minimum absolute atomic E-state index is 0.137. The van der Waals surface area contributed by atoms with E-state index < -0.39 is 0 Å². The second-order valence-corrected chi connectivity index (χ2v) is 3.54. The van der Waals surface area contributed by atoms with E-state index in [0.29, 0.717) is 5.92 Å². The Labute approximate surface area is 77.4 Å². The van der Waals surface area contributed by atoms with Crippen molar-refractivity contribution in [2.75, 3.05) is 0 Å². The molecule has 1 atom stereocenters. The number of fused-ring (bicyclic) bond motifs is 1. The molecule has 0 saturated carbocycles. The maximum absolute atomic E-state index is 4.30. The number of azo groups is 2. The molecule has 0 spiro atoms. The lowest BCUT2D eigenvalue weighted by Crippen LogP contribution is -2.23. The van der Waals surface area contributed by atoms with Crippen LogP contribution >= 0.6 is 0 Å².